The molecule has 0 radical (unpaired) electrons. The van der Waals surface area contributed by atoms with Crippen molar-refractivity contribution in [2.75, 3.05) is 0 Å². The molecule has 0 bridgehead atoms. The number of rotatable bonds is 0. The average Bonchev–Trinajstić information content (AvgIpc) is 2.08. The van der Waals surface area contributed by atoms with E-state index in [9.17, 15) is 0 Å². The number of hydrogen-bond acceptors (Lipinski definition) is 6. The van der Waals surface area contributed by atoms with E-state index < -0.39 is 55.0 Å². The van der Waals surface area contributed by atoms with Crippen LogP contribution in [-0.4, -0.2) is 172 Å². The summed E-state index contributed by atoms with van der Waals surface area (Å²) in [7, 11) is -18.8. The Kier molecular flexibility index (Phi) is 85.2. The molecule has 0 aliphatic carbocycles. The fourth-order valence-electron chi connectivity index (χ4n) is 0. The van der Waals surface area contributed by atoms with Crippen LogP contribution >= 0.6 is 0 Å². The SMILES string of the molecule is O=[Si](O)O.O=[Si](O)O.O=[Si](O)O.O=[Si](O)O.O=[Si](O)O.O=[Si](O)O.[NaH].[NaH]. The van der Waals surface area contributed by atoms with Gasteiger partial charge in [0.25, 0.3) is 0 Å². The predicted octanol–water partition coefficient (Wildman–Crippen LogP) is -11.0. The van der Waals surface area contributed by atoms with E-state index >= 15 is 0 Å². The third-order valence-corrected chi connectivity index (χ3v) is 0. The van der Waals surface area contributed by atoms with E-state index in [1.807, 2.05) is 0 Å². The third kappa shape index (κ3) is 137000. The second-order valence-corrected chi connectivity index (χ2v) is 5.09. The van der Waals surface area contributed by atoms with E-state index in [1.165, 1.54) is 0 Å². The fraction of sp³-hybridized carbons (Fsp3) is 0. The van der Waals surface area contributed by atoms with Gasteiger partial charge < -0.3 is 57.5 Å². The summed E-state index contributed by atoms with van der Waals surface area (Å²) in [5, 5.41) is 0. The molecule has 0 saturated heterocycles. The Bertz CT molecular complexity index is 261. The summed E-state index contributed by atoms with van der Waals surface area (Å²) in [5.74, 6) is 0. The van der Waals surface area contributed by atoms with Gasteiger partial charge in [0.15, 0.2) is 0 Å². The van der Waals surface area contributed by atoms with E-state index in [0.717, 1.165) is 0 Å². The molecule has 0 amide bonds. The first-order chi connectivity index (χ1) is 10.4. The summed E-state index contributed by atoms with van der Waals surface area (Å²) < 4.78 is 52.4. The Morgan fingerprint density at radius 2 is 0.269 bits per heavy atom. The summed E-state index contributed by atoms with van der Waals surface area (Å²) in [6.07, 6.45) is 0. The molecule has 0 spiro atoms. The van der Waals surface area contributed by atoms with Crippen molar-refractivity contribution in [1.82, 2.24) is 0 Å². The molecule has 0 heterocycles. The maximum atomic E-state index is 8.74. The molecular weight excluding hydrogens is 502 g/mol. The molecule has 0 atom stereocenters. The molecule has 148 valence electrons. The molecule has 0 aromatic heterocycles. The van der Waals surface area contributed by atoms with Crippen LogP contribution in [0.3, 0.4) is 0 Å². The van der Waals surface area contributed by atoms with Crippen LogP contribution in [0.15, 0.2) is 0 Å². The zero-order valence-corrected chi connectivity index (χ0v) is 16.8. The van der Waals surface area contributed by atoms with Crippen LogP contribution < -0.4 is 0 Å². The molecule has 0 aliphatic heterocycles. The monoisotopic (exact) mass is 516 g/mol. The predicted molar refractivity (Wildman–Crippen MR) is 79.6 cm³/mol. The first kappa shape index (κ1) is 50.0. The van der Waals surface area contributed by atoms with E-state index in [4.69, 9.17) is 84.3 Å². The third-order valence-electron chi connectivity index (χ3n) is 0. The van der Waals surface area contributed by atoms with Gasteiger partial charge in [-0.2, -0.15) is 0 Å². The van der Waals surface area contributed by atoms with Crippen molar-refractivity contribution in [1.29, 1.82) is 0 Å². The van der Waals surface area contributed by atoms with E-state index in [1.54, 1.807) is 0 Å². The molecule has 0 aromatic carbocycles. The molecule has 0 aromatic rings. The summed E-state index contributed by atoms with van der Waals surface area (Å²) in [6, 6.07) is 0. The van der Waals surface area contributed by atoms with Gasteiger partial charge in [0.05, 0.1) is 0 Å². The van der Waals surface area contributed by atoms with Gasteiger partial charge in [-0.15, -0.1) is 0 Å². The molecular formula is H14Na2O18Si6. The molecule has 0 aliphatic rings. The van der Waals surface area contributed by atoms with E-state index in [2.05, 4.69) is 0 Å². The van der Waals surface area contributed by atoms with Crippen molar-refractivity contribution in [2.24, 2.45) is 0 Å². The normalized spacial score (nSPS) is 5.54. The second kappa shape index (κ2) is 44.3. The van der Waals surface area contributed by atoms with Gasteiger partial charge in [-0.3, -0.25) is 26.8 Å². The standard InChI is InChI=1S/2Na.6H2O3Si.2H/c;;6*1-4(2)3;;/h;;6*1-2H;;. The molecule has 0 rings (SSSR count). The maximum absolute atomic E-state index is 8.74. The number of hydrogen-bond donors (Lipinski definition) is 12. The first-order valence-corrected chi connectivity index (χ1v) is 11.7. The Labute approximate surface area is 196 Å². The second-order valence-electron chi connectivity index (χ2n) is 1.70. The molecule has 12 N–H and O–H groups in total. The molecule has 0 fully saturated rings. The van der Waals surface area contributed by atoms with Crippen LogP contribution in [0.1, 0.15) is 0 Å². The Morgan fingerprint density at radius 3 is 0.269 bits per heavy atom. The van der Waals surface area contributed by atoms with Gasteiger partial charge in [-0.1, -0.05) is 0 Å². The first-order valence-electron chi connectivity index (χ1n) is 3.91. The van der Waals surface area contributed by atoms with Gasteiger partial charge in [-0.05, 0) is 0 Å². The van der Waals surface area contributed by atoms with Crippen LogP contribution in [0.25, 0.3) is 0 Å². The van der Waals surface area contributed by atoms with Crippen molar-refractivity contribution in [3.63, 3.8) is 0 Å². The molecule has 0 unspecified atom stereocenters. The van der Waals surface area contributed by atoms with Crippen LogP contribution in [0.5, 0.6) is 0 Å². The zero-order valence-electron chi connectivity index (χ0n) is 10.8. The summed E-state index contributed by atoms with van der Waals surface area (Å²) >= 11 is 0. The summed E-state index contributed by atoms with van der Waals surface area (Å²) in [4.78, 5) is 85.9. The summed E-state index contributed by atoms with van der Waals surface area (Å²) in [6.45, 7) is 0. The van der Waals surface area contributed by atoms with Gasteiger partial charge in [0.1, 0.15) is 0 Å². The van der Waals surface area contributed by atoms with Crippen molar-refractivity contribution in [2.45, 2.75) is 0 Å². The van der Waals surface area contributed by atoms with Crippen molar-refractivity contribution < 1.29 is 84.3 Å². The van der Waals surface area contributed by atoms with Gasteiger partial charge in [0.2, 0.25) is 0 Å². The molecule has 26 heavy (non-hydrogen) atoms. The Hall–Kier alpha value is -0.299. The summed E-state index contributed by atoms with van der Waals surface area (Å²) in [5.41, 5.74) is 0. The Morgan fingerprint density at radius 1 is 0.269 bits per heavy atom. The topological polar surface area (TPSA) is 345 Å². The van der Waals surface area contributed by atoms with E-state index in [0.29, 0.717) is 0 Å². The zero-order chi connectivity index (χ0) is 21.5. The molecule has 26 heteroatoms. The van der Waals surface area contributed by atoms with E-state index in [-0.39, 0.29) is 59.1 Å². The van der Waals surface area contributed by atoms with Crippen molar-refractivity contribution >= 4 is 114 Å². The van der Waals surface area contributed by atoms with Crippen LogP contribution in [-0.2, 0) is 26.8 Å². The quantitative estimate of drug-likeness (QED) is 0.133. The average molecular weight is 517 g/mol. The van der Waals surface area contributed by atoms with Crippen LogP contribution in [0, 0.1) is 0 Å². The minimum absolute atomic E-state index is 0. The van der Waals surface area contributed by atoms with Gasteiger partial charge >= 0.3 is 114 Å². The van der Waals surface area contributed by atoms with Crippen molar-refractivity contribution in [3.05, 3.63) is 0 Å². The van der Waals surface area contributed by atoms with Crippen LogP contribution in [0.2, 0.25) is 0 Å². The Balaban J connectivity index is -0.0000000245. The fourth-order valence-corrected chi connectivity index (χ4v) is 0. The molecule has 18 nitrogen and oxygen atoms in total. The minimum atomic E-state index is -3.13. The van der Waals surface area contributed by atoms with Crippen LogP contribution in [0.4, 0.5) is 0 Å². The molecule has 0 saturated carbocycles. The van der Waals surface area contributed by atoms with Gasteiger partial charge in [-0.25, -0.2) is 0 Å². The van der Waals surface area contributed by atoms with Crippen molar-refractivity contribution in [3.8, 4) is 0 Å². The van der Waals surface area contributed by atoms with Gasteiger partial charge in [0, 0.05) is 0 Å².